The summed E-state index contributed by atoms with van der Waals surface area (Å²) in [5.41, 5.74) is 0.337. The van der Waals surface area contributed by atoms with Crippen LogP contribution in [0.4, 0.5) is 0 Å². The van der Waals surface area contributed by atoms with Crippen LogP contribution < -0.4 is 5.32 Å². The molecule has 1 saturated heterocycles. The summed E-state index contributed by atoms with van der Waals surface area (Å²) in [7, 11) is 0. The lowest BCUT2D eigenvalue weighted by Gasteiger charge is -2.45. The van der Waals surface area contributed by atoms with Crippen LogP contribution in [0.2, 0.25) is 0 Å². The van der Waals surface area contributed by atoms with Crippen LogP contribution in [0, 0.1) is 0 Å². The van der Waals surface area contributed by atoms with E-state index < -0.39 is 0 Å². The SMILES string of the molecule is C=CCCCCCC(NCCC)C(C)(CC)N1CCCC1. The number of allylic oxidation sites excluding steroid dienone is 1. The van der Waals surface area contributed by atoms with Crippen molar-refractivity contribution in [2.24, 2.45) is 0 Å². The number of nitrogens with zero attached hydrogens (tertiary/aromatic N) is 1. The third-order valence-corrected chi connectivity index (χ3v) is 5.34. The Balaban J connectivity index is 2.57. The van der Waals surface area contributed by atoms with Gasteiger partial charge in [-0.3, -0.25) is 4.90 Å². The minimum absolute atomic E-state index is 0.337. The number of nitrogens with one attached hydrogen (secondary N) is 1. The van der Waals surface area contributed by atoms with Crippen LogP contribution in [0.3, 0.4) is 0 Å². The first-order valence-corrected chi connectivity index (χ1v) is 9.28. The van der Waals surface area contributed by atoms with E-state index in [1.165, 1.54) is 70.9 Å². The quantitative estimate of drug-likeness (QED) is 0.412. The minimum atomic E-state index is 0.337. The largest absolute Gasteiger partial charge is 0.312 e. The Morgan fingerprint density at radius 2 is 1.90 bits per heavy atom. The highest BCUT2D eigenvalue weighted by Gasteiger charge is 2.38. The van der Waals surface area contributed by atoms with E-state index in [1.807, 2.05) is 6.08 Å². The monoisotopic (exact) mass is 294 g/mol. The van der Waals surface area contributed by atoms with E-state index in [0.29, 0.717) is 11.6 Å². The second-order valence-corrected chi connectivity index (χ2v) is 6.84. The average Bonchev–Trinajstić information content (AvgIpc) is 3.04. The van der Waals surface area contributed by atoms with E-state index in [1.54, 1.807) is 0 Å². The lowest BCUT2D eigenvalue weighted by Crippen LogP contribution is -2.58. The van der Waals surface area contributed by atoms with Gasteiger partial charge in [0.2, 0.25) is 0 Å². The summed E-state index contributed by atoms with van der Waals surface area (Å²) in [6, 6.07) is 0.643. The van der Waals surface area contributed by atoms with Crippen molar-refractivity contribution >= 4 is 0 Å². The molecule has 2 nitrogen and oxygen atoms in total. The molecular formula is C19H38N2. The van der Waals surface area contributed by atoms with Gasteiger partial charge < -0.3 is 5.32 Å². The van der Waals surface area contributed by atoms with Gasteiger partial charge in [-0.2, -0.15) is 0 Å². The Hall–Kier alpha value is -0.340. The Morgan fingerprint density at radius 1 is 1.19 bits per heavy atom. The summed E-state index contributed by atoms with van der Waals surface area (Å²) in [5.74, 6) is 0. The predicted molar refractivity (Wildman–Crippen MR) is 94.9 cm³/mol. The summed E-state index contributed by atoms with van der Waals surface area (Å²) < 4.78 is 0. The van der Waals surface area contributed by atoms with Crippen molar-refractivity contribution in [2.75, 3.05) is 19.6 Å². The van der Waals surface area contributed by atoms with Gasteiger partial charge in [0.1, 0.15) is 0 Å². The Kier molecular flexibility index (Phi) is 9.26. The number of rotatable bonds is 12. The maximum absolute atomic E-state index is 3.87. The van der Waals surface area contributed by atoms with Crippen molar-refractivity contribution in [1.82, 2.24) is 10.2 Å². The average molecular weight is 295 g/mol. The van der Waals surface area contributed by atoms with Gasteiger partial charge in [0, 0.05) is 11.6 Å². The maximum Gasteiger partial charge on any atom is 0.0331 e. The van der Waals surface area contributed by atoms with Crippen LogP contribution in [-0.4, -0.2) is 36.1 Å². The first kappa shape index (κ1) is 18.7. The molecule has 1 N–H and O–H groups in total. The van der Waals surface area contributed by atoms with E-state index in [0.717, 1.165) is 6.54 Å². The molecule has 0 aliphatic carbocycles. The molecule has 1 aliphatic heterocycles. The van der Waals surface area contributed by atoms with E-state index in [4.69, 9.17) is 0 Å². The van der Waals surface area contributed by atoms with Gasteiger partial charge in [0.15, 0.2) is 0 Å². The Morgan fingerprint density at radius 3 is 2.48 bits per heavy atom. The Labute approximate surface area is 133 Å². The fourth-order valence-corrected chi connectivity index (χ4v) is 3.68. The highest BCUT2D eigenvalue weighted by atomic mass is 15.2. The summed E-state index contributed by atoms with van der Waals surface area (Å²) >= 11 is 0. The van der Waals surface area contributed by atoms with E-state index in [2.05, 4.69) is 37.6 Å². The summed E-state index contributed by atoms with van der Waals surface area (Å²) in [6.07, 6.45) is 13.8. The highest BCUT2D eigenvalue weighted by molar-refractivity contribution is 4.97. The standard InChI is InChI=1S/C19H38N2/c1-5-8-9-10-11-14-18(20-15-6-2)19(4,7-3)21-16-12-13-17-21/h5,18,20H,1,6-17H2,2-4H3. The third-order valence-electron chi connectivity index (χ3n) is 5.34. The minimum Gasteiger partial charge on any atom is -0.312 e. The molecule has 0 aromatic carbocycles. The first-order chi connectivity index (χ1) is 10.2. The topological polar surface area (TPSA) is 15.3 Å². The van der Waals surface area contributed by atoms with Gasteiger partial charge in [0.05, 0.1) is 0 Å². The molecule has 1 aliphatic rings. The fraction of sp³-hybridized carbons (Fsp3) is 0.895. The van der Waals surface area contributed by atoms with Crippen LogP contribution in [0.15, 0.2) is 12.7 Å². The molecule has 0 aromatic rings. The van der Waals surface area contributed by atoms with Crippen LogP contribution >= 0.6 is 0 Å². The van der Waals surface area contributed by atoms with Crippen molar-refractivity contribution in [2.45, 2.75) is 90.1 Å². The van der Waals surface area contributed by atoms with Crippen LogP contribution in [0.5, 0.6) is 0 Å². The molecule has 0 aromatic heterocycles. The van der Waals surface area contributed by atoms with Crippen molar-refractivity contribution < 1.29 is 0 Å². The second-order valence-electron chi connectivity index (χ2n) is 6.84. The number of likely N-dealkylation sites (tertiary alicyclic amines) is 1. The van der Waals surface area contributed by atoms with E-state index in [9.17, 15) is 0 Å². The van der Waals surface area contributed by atoms with Crippen LogP contribution in [0.1, 0.15) is 78.6 Å². The molecule has 21 heavy (non-hydrogen) atoms. The first-order valence-electron chi connectivity index (χ1n) is 9.28. The van der Waals surface area contributed by atoms with Gasteiger partial charge in [-0.25, -0.2) is 0 Å². The zero-order chi connectivity index (χ0) is 15.6. The van der Waals surface area contributed by atoms with Crippen molar-refractivity contribution in [3.05, 3.63) is 12.7 Å². The van der Waals surface area contributed by atoms with Crippen molar-refractivity contribution in [3.63, 3.8) is 0 Å². The van der Waals surface area contributed by atoms with Gasteiger partial charge >= 0.3 is 0 Å². The van der Waals surface area contributed by atoms with E-state index >= 15 is 0 Å². The highest BCUT2D eigenvalue weighted by Crippen LogP contribution is 2.30. The van der Waals surface area contributed by atoms with Gasteiger partial charge in [-0.1, -0.05) is 32.8 Å². The normalized spacial score (nSPS) is 20.3. The molecule has 0 saturated carbocycles. The van der Waals surface area contributed by atoms with Gasteiger partial charge in [-0.05, 0) is 71.5 Å². The van der Waals surface area contributed by atoms with Crippen LogP contribution in [-0.2, 0) is 0 Å². The molecule has 0 amide bonds. The van der Waals surface area contributed by atoms with Crippen molar-refractivity contribution in [3.8, 4) is 0 Å². The molecule has 0 radical (unpaired) electrons. The molecule has 1 rings (SSSR count). The lowest BCUT2D eigenvalue weighted by molar-refractivity contribution is 0.0791. The molecule has 1 heterocycles. The molecule has 2 unspecified atom stereocenters. The summed E-state index contributed by atoms with van der Waals surface area (Å²) in [6.45, 7) is 14.7. The number of hydrogen-bond donors (Lipinski definition) is 1. The number of hydrogen-bond acceptors (Lipinski definition) is 2. The molecule has 2 heteroatoms. The fourth-order valence-electron chi connectivity index (χ4n) is 3.68. The van der Waals surface area contributed by atoms with Gasteiger partial charge in [-0.15, -0.1) is 6.58 Å². The van der Waals surface area contributed by atoms with Crippen LogP contribution in [0.25, 0.3) is 0 Å². The predicted octanol–water partition coefficient (Wildman–Crippen LogP) is 4.76. The molecule has 2 atom stereocenters. The third kappa shape index (κ3) is 5.75. The van der Waals surface area contributed by atoms with Crippen molar-refractivity contribution in [1.29, 1.82) is 0 Å². The lowest BCUT2D eigenvalue weighted by atomic mass is 9.84. The zero-order valence-corrected chi connectivity index (χ0v) is 14.8. The summed E-state index contributed by atoms with van der Waals surface area (Å²) in [5, 5.41) is 3.87. The molecule has 1 fully saturated rings. The van der Waals surface area contributed by atoms with Gasteiger partial charge in [0.25, 0.3) is 0 Å². The number of unbranched alkanes of at least 4 members (excludes halogenated alkanes) is 3. The zero-order valence-electron chi connectivity index (χ0n) is 14.8. The Bertz CT molecular complexity index is 271. The molecular weight excluding hydrogens is 256 g/mol. The molecule has 0 spiro atoms. The smallest absolute Gasteiger partial charge is 0.0331 e. The molecule has 124 valence electrons. The second kappa shape index (κ2) is 10.4. The summed E-state index contributed by atoms with van der Waals surface area (Å²) in [4.78, 5) is 2.75. The maximum atomic E-state index is 3.87. The van der Waals surface area contributed by atoms with E-state index in [-0.39, 0.29) is 0 Å². The molecule has 0 bridgehead atoms.